The van der Waals surface area contributed by atoms with Crippen molar-refractivity contribution in [2.45, 2.75) is 6.61 Å². The number of thioether (sulfide) groups is 1. The molecular weight excluding hydrogens is 240 g/mol. The summed E-state index contributed by atoms with van der Waals surface area (Å²) in [5.41, 5.74) is 1.20. The average Bonchev–Trinajstić information content (AvgIpc) is 2.34. The first kappa shape index (κ1) is 13.8. The van der Waals surface area contributed by atoms with Crippen molar-refractivity contribution < 1.29 is 10.0 Å². The Bertz CT molecular complexity index is 398. The summed E-state index contributed by atoms with van der Waals surface area (Å²) in [7, 11) is 1.93. The predicted molar refractivity (Wildman–Crippen MR) is 70.7 cm³/mol. The van der Waals surface area contributed by atoms with E-state index < -0.39 is 4.92 Å². The predicted octanol–water partition coefficient (Wildman–Crippen LogP) is 1.89. The minimum absolute atomic E-state index is 0.0329. The lowest BCUT2D eigenvalue weighted by atomic mass is 10.1. The number of hydrogen-bond donors (Lipinski definition) is 1. The zero-order chi connectivity index (χ0) is 12.8. The van der Waals surface area contributed by atoms with Crippen molar-refractivity contribution in [3.63, 3.8) is 0 Å². The van der Waals surface area contributed by atoms with Gasteiger partial charge in [0.1, 0.15) is 0 Å². The highest BCUT2D eigenvalue weighted by Crippen LogP contribution is 2.24. The maximum Gasteiger partial charge on any atom is 0.275 e. The number of aliphatic hydroxyl groups excluding tert-OH is 1. The second-order valence-electron chi connectivity index (χ2n) is 3.64. The highest BCUT2D eigenvalue weighted by atomic mass is 32.2. The van der Waals surface area contributed by atoms with Gasteiger partial charge in [-0.3, -0.25) is 10.1 Å². The molecule has 1 aromatic carbocycles. The molecule has 0 aliphatic heterocycles. The van der Waals surface area contributed by atoms with E-state index in [0.717, 1.165) is 18.0 Å². The summed E-state index contributed by atoms with van der Waals surface area (Å²) in [6, 6.07) is 4.81. The van der Waals surface area contributed by atoms with Crippen LogP contribution in [0.5, 0.6) is 0 Å². The minimum Gasteiger partial charge on any atom is -0.391 e. The van der Waals surface area contributed by atoms with E-state index in [1.807, 2.05) is 18.2 Å². The molecule has 0 unspecified atom stereocenters. The molecule has 0 atom stereocenters. The maximum absolute atomic E-state index is 10.7. The van der Waals surface area contributed by atoms with Gasteiger partial charge in [-0.2, -0.15) is 11.8 Å². The van der Waals surface area contributed by atoms with Gasteiger partial charge in [-0.1, -0.05) is 0 Å². The van der Waals surface area contributed by atoms with Crippen molar-refractivity contribution in [1.82, 2.24) is 0 Å². The first-order chi connectivity index (χ1) is 8.10. The summed E-state index contributed by atoms with van der Waals surface area (Å²) in [6.45, 7) is 0.546. The number of aliphatic hydroxyl groups is 1. The van der Waals surface area contributed by atoms with Gasteiger partial charge < -0.3 is 10.0 Å². The Balaban J connectivity index is 2.92. The molecule has 94 valence electrons. The van der Waals surface area contributed by atoms with E-state index in [9.17, 15) is 10.1 Å². The van der Waals surface area contributed by atoms with Crippen LogP contribution in [-0.4, -0.2) is 35.6 Å². The number of rotatable bonds is 6. The number of benzene rings is 1. The van der Waals surface area contributed by atoms with Gasteiger partial charge in [-0.05, 0) is 18.4 Å². The van der Waals surface area contributed by atoms with Gasteiger partial charge >= 0.3 is 0 Å². The lowest BCUT2D eigenvalue weighted by Gasteiger charge is -2.19. The smallest absolute Gasteiger partial charge is 0.275 e. The summed E-state index contributed by atoms with van der Waals surface area (Å²) in [6.07, 6.45) is 2.03. The van der Waals surface area contributed by atoms with Crippen LogP contribution in [0.4, 0.5) is 11.4 Å². The van der Waals surface area contributed by atoms with E-state index in [1.165, 1.54) is 6.07 Å². The molecule has 6 heteroatoms. The molecule has 0 fully saturated rings. The van der Waals surface area contributed by atoms with Gasteiger partial charge in [0.25, 0.3) is 5.69 Å². The minimum atomic E-state index is -0.475. The molecule has 17 heavy (non-hydrogen) atoms. The second kappa shape index (κ2) is 6.46. The first-order valence-corrected chi connectivity index (χ1v) is 6.57. The third kappa shape index (κ3) is 3.61. The fourth-order valence-electron chi connectivity index (χ4n) is 1.47. The van der Waals surface area contributed by atoms with Crippen molar-refractivity contribution in [3.05, 3.63) is 33.9 Å². The van der Waals surface area contributed by atoms with Crippen molar-refractivity contribution in [3.8, 4) is 0 Å². The highest BCUT2D eigenvalue weighted by Gasteiger charge is 2.14. The monoisotopic (exact) mass is 256 g/mol. The van der Waals surface area contributed by atoms with Crippen molar-refractivity contribution in [2.75, 3.05) is 30.5 Å². The van der Waals surface area contributed by atoms with Crippen LogP contribution in [0.2, 0.25) is 0 Å². The summed E-state index contributed by atoms with van der Waals surface area (Å²) in [5.74, 6) is 0.988. The molecule has 1 rings (SSSR count). The van der Waals surface area contributed by atoms with Crippen LogP contribution >= 0.6 is 11.8 Å². The third-order valence-corrected chi connectivity index (χ3v) is 3.09. The maximum atomic E-state index is 10.7. The Labute approximate surface area is 105 Å². The number of nitro groups is 1. The Morgan fingerprint density at radius 1 is 1.53 bits per heavy atom. The molecule has 0 bridgehead atoms. The van der Waals surface area contributed by atoms with Gasteiger partial charge in [-0.15, -0.1) is 0 Å². The summed E-state index contributed by atoms with van der Waals surface area (Å²) in [4.78, 5) is 12.2. The Morgan fingerprint density at radius 2 is 2.24 bits per heavy atom. The van der Waals surface area contributed by atoms with E-state index in [1.54, 1.807) is 23.9 Å². The molecule has 0 heterocycles. The van der Waals surface area contributed by atoms with Gasteiger partial charge in [0.15, 0.2) is 0 Å². The molecule has 1 N–H and O–H groups in total. The lowest BCUT2D eigenvalue weighted by molar-refractivity contribution is -0.385. The van der Waals surface area contributed by atoms with Gasteiger partial charge in [-0.25, -0.2) is 0 Å². The number of hydrogen-bond acceptors (Lipinski definition) is 5. The van der Waals surface area contributed by atoms with E-state index in [0.29, 0.717) is 5.56 Å². The van der Waals surface area contributed by atoms with E-state index >= 15 is 0 Å². The fourth-order valence-corrected chi connectivity index (χ4v) is 1.93. The SMILES string of the molecule is CSCCN(C)c1ccc([N+](=O)[O-])c(CO)c1. The van der Waals surface area contributed by atoms with Gasteiger partial charge in [0, 0.05) is 31.1 Å². The molecule has 5 nitrogen and oxygen atoms in total. The zero-order valence-electron chi connectivity index (χ0n) is 9.92. The molecule has 0 saturated carbocycles. The molecular formula is C11H16N2O3S. The van der Waals surface area contributed by atoms with Crippen molar-refractivity contribution in [1.29, 1.82) is 0 Å². The Hall–Kier alpha value is -1.27. The highest BCUT2D eigenvalue weighted by molar-refractivity contribution is 7.98. The zero-order valence-corrected chi connectivity index (χ0v) is 10.7. The average molecular weight is 256 g/mol. The van der Waals surface area contributed by atoms with Crippen LogP contribution in [0, 0.1) is 10.1 Å². The molecule has 0 aliphatic rings. The summed E-state index contributed by atoms with van der Waals surface area (Å²) >= 11 is 1.74. The van der Waals surface area contributed by atoms with E-state index in [2.05, 4.69) is 0 Å². The fraction of sp³-hybridized carbons (Fsp3) is 0.455. The van der Waals surface area contributed by atoms with Crippen LogP contribution in [0.3, 0.4) is 0 Å². The molecule has 0 aliphatic carbocycles. The number of nitrogens with zero attached hydrogens (tertiary/aromatic N) is 2. The standard InChI is InChI=1S/C11H16N2O3S/c1-12(5-6-17-2)10-3-4-11(13(15)16)9(7-10)8-14/h3-4,7,14H,5-6,8H2,1-2H3. The topological polar surface area (TPSA) is 66.6 Å². The van der Waals surface area contributed by atoms with Crippen molar-refractivity contribution in [2.24, 2.45) is 0 Å². The van der Waals surface area contributed by atoms with Gasteiger partial charge in [0.2, 0.25) is 0 Å². The van der Waals surface area contributed by atoms with E-state index in [4.69, 9.17) is 5.11 Å². The van der Waals surface area contributed by atoms with Crippen LogP contribution in [0.1, 0.15) is 5.56 Å². The molecule has 1 aromatic rings. The molecule has 0 radical (unpaired) electrons. The Kier molecular flexibility index (Phi) is 5.24. The number of anilines is 1. The number of nitro benzene ring substituents is 1. The summed E-state index contributed by atoms with van der Waals surface area (Å²) < 4.78 is 0. The molecule has 0 amide bonds. The lowest BCUT2D eigenvalue weighted by Crippen LogP contribution is -2.20. The summed E-state index contributed by atoms with van der Waals surface area (Å²) in [5, 5.41) is 19.8. The Morgan fingerprint density at radius 3 is 2.76 bits per heavy atom. The third-order valence-electron chi connectivity index (χ3n) is 2.50. The van der Waals surface area contributed by atoms with Crippen molar-refractivity contribution >= 4 is 23.1 Å². The quantitative estimate of drug-likeness (QED) is 0.622. The van der Waals surface area contributed by atoms with E-state index in [-0.39, 0.29) is 12.3 Å². The second-order valence-corrected chi connectivity index (χ2v) is 4.63. The largest absolute Gasteiger partial charge is 0.391 e. The molecule has 0 spiro atoms. The molecule has 0 saturated heterocycles. The van der Waals surface area contributed by atoms with Crippen LogP contribution in [0.15, 0.2) is 18.2 Å². The first-order valence-electron chi connectivity index (χ1n) is 5.18. The van der Waals surface area contributed by atoms with Crippen LogP contribution in [-0.2, 0) is 6.61 Å². The molecule has 0 aromatic heterocycles. The van der Waals surface area contributed by atoms with Crippen LogP contribution in [0.25, 0.3) is 0 Å². The normalized spacial score (nSPS) is 10.3. The van der Waals surface area contributed by atoms with Crippen LogP contribution < -0.4 is 4.90 Å². The van der Waals surface area contributed by atoms with Gasteiger partial charge in [0.05, 0.1) is 17.1 Å².